The van der Waals surface area contributed by atoms with Crippen LogP contribution in [0.15, 0.2) is 34.9 Å². The van der Waals surface area contributed by atoms with Crippen LogP contribution < -0.4 is 0 Å². The molecule has 0 saturated carbocycles. The topological polar surface area (TPSA) is 13.1 Å². The molecule has 0 amide bonds. The van der Waals surface area contributed by atoms with Crippen molar-refractivity contribution in [2.75, 3.05) is 0 Å². The van der Waals surface area contributed by atoms with E-state index in [-0.39, 0.29) is 23.5 Å². The average Bonchev–Trinajstić information content (AvgIpc) is 2.87. The van der Waals surface area contributed by atoms with Crippen molar-refractivity contribution in [1.82, 2.24) is 0 Å². The lowest BCUT2D eigenvalue weighted by atomic mass is 9.93. The van der Waals surface area contributed by atoms with Crippen molar-refractivity contribution in [3.63, 3.8) is 0 Å². The Labute approximate surface area is 134 Å². The Morgan fingerprint density at radius 2 is 1.30 bits per heavy atom. The molecule has 1 aromatic carbocycles. The first-order valence-electron chi connectivity index (χ1n) is 5.75. The zero-order valence-electron chi connectivity index (χ0n) is 10.7. The van der Waals surface area contributed by atoms with Crippen molar-refractivity contribution < 1.29 is 35.2 Å². The van der Waals surface area contributed by atoms with Gasteiger partial charge >= 0.3 is 18.0 Å². The third-order valence-corrected chi connectivity index (χ3v) is 3.58. The summed E-state index contributed by atoms with van der Waals surface area (Å²) in [5, 5.41) is -1.23. The molecule has 0 aliphatic heterocycles. The normalized spacial score (nSPS) is 13.4. The molecular weight excluding hydrogens is 376 g/mol. The highest BCUT2D eigenvalue weighted by Gasteiger charge is 2.73. The van der Waals surface area contributed by atoms with E-state index >= 15 is 0 Å². The van der Waals surface area contributed by atoms with E-state index in [0.717, 1.165) is 0 Å². The number of halogens is 9. The van der Waals surface area contributed by atoms with Gasteiger partial charge in [-0.3, -0.25) is 0 Å². The van der Waals surface area contributed by atoms with Crippen LogP contribution in [0.3, 0.4) is 0 Å². The first-order chi connectivity index (χ1) is 10.4. The number of hydrogen-bond donors (Lipinski definition) is 0. The van der Waals surface area contributed by atoms with Gasteiger partial charge < -0.3 is 4.42 Å². The number of hydrogen-bond acceptors (Lipinski definition) is 1. The van der Waals surface area contributed by atoms with Gasteiger partial charge in [-0.25, -0.2) is 4.39 Å². The minimum atomic E-state index is -6.25. The van der Waals surface area contributed by atoms with Gasteiger partial charge in [0, 0.05) is 5.56 Å². The lowest BCUT2D eigenvalue weighted by molar-refractivity contribution is -0.348. The summed E-state index contributed by atoms with van der Waals surface area (Å²) < 4.78 is 95.3. The van der Waals surface area contributed by atoms with Crippen LogP contribution in [0.25, 0.3) is 11.3 Å². The zero-order chi connectivity index (χ0) is 17.6. The quantitative estimate of drug-likeness (QED) is 0.539. The van der Waals surface area contributed by atoms with Gasteiger partial charge in [-0.05, 0) is 24.3 Å². The first-order valence-corrected chi connectivity index (χ1v) is 6.51. The van der Waals surface area contributed by atoms with Gasteiger partial charge in [0.1, 0.15) is 5.76 Å². The molecule has 0 aliphatic rings. The Hall–Kier alpha value is -1.41. The fourth-order valence-electron chi connectivity index (χ4n) is 1.92. The van der Waals surface area contributed by atoms with Gasteiger partial charge in [-0.1, -0.05) is 23.2 Å². The molecule has 2 rings (SSSR count). The second-order valence-electron chi connectivity index (χ2n) is 4.45. The monoisotopic (exact) mass is 380 g/mol. The Bertz CT molecular complexity index is 667. The summed E-state index contributed by atoms with van der Waals surface area (Å²) in [7, 11) is 0. The maximum Gasteiger partial charge on any atom is 0.435 e. The van der Waals surface area contributed by atoms with Crippen LogP contribution in [-0.2, 0) is 5.67 Å². The summed E-state index contributed by atoms with van der Waals surface area (Å²) in [5.74, 6) is 0.00928. The predicted molar refractivity (Wildman–Crippen MR) is 69.1 cm³/mol. The molecule has 23 heavy (non-hydrogen) atoms. The predicted octanol–water partition coefficient (Wildman–Crippen LogP) is 6.54. The highest BCUT2D eigenvalue weighted by atomic mass is 35.5. The van der Waals surface area contributed by atoms with Crippen molar-refractivity contribution in [3.05, 3.63) is 46.1 Å². The second-order valence-corrected chi connectivity index (χ2v) is 5.26. The summed E-state index contributed by atoms with van der Waals surface area (Å²) >= 11 is 11.4. The zero-order valence-corrected chi connectivity index (χ0v) is 12.2. The lowest BCUT2D eigenvalue weighted by Gasteiger charge is -2.30. The fraction of sp³-hybridized carbons (Fsp3) is 0.231. The Morgan fingerprint density at radius 1 is 0.826 bits per heavy atom. The highest BCUT2D eigenvalue weighted by molar-refractivity contribution is 6.39. The molecule has 0 radical (unpaired) electrons. The average molecular weight is 381 g/mol. The van der Waals surface area contributed by atoms with E-state index in [1.54, 1.807) is 0 Å². The number of benzene rings is 1. The molecule has 126 valence electrons. The molecule has 0 spiro atoms. The van der Waals surface area contributed by atoms with E-state index in [9.17, 15) is 30.7 Å². The van der Waals surface area contributed by atoms with Gasteiger partial charge in [-0.2, -0.15) is 26.3 Å². The Balaban J connectivity index is 2.69. The number of alkyl halides is 7. The van der Waals surface area contributed by atoms with E-state index < -0.39 is 33.6 Å². The molecule has 2 aromatic rings. The van der Waals surface area contributed by atoms with Crippen molar-refractivity contribution in [3.8, 4) is 11.3 Å². The van der Waals surface area contributed by atoms with Gasteiger partial charge in [-0.15, -0.1) is 0 Å². The molecule has 1 heterocycles. The van der Waals surface area contributed by atoms with E-state index in [4.69, 9.17) is 27.6 Å². The van der Waals surface area contributed by atoms with E-state index in [1.165, 1.54) is 18.4 Å². The molecule has 0 atom stereocenters. The largest absolute Gasteiger partial charge is 0.464 e. The fourth-order valence-corrected chi connectivity index (χ4v) is 2.59. The van der Waals surface area contributed by atoms with Crippen molar-refractivity contribution in [2.45, 2.75) is 18.0 Å². The summed E-state index contributed by atoms with van der Waals surface area (Å²) in [6.45, 7) is 0. The minimum Gasteiger partial charge on any atom is -0.464 e. The van der Waals surface area contributed by atoms with Gasteiger partial charge in [0.05, 0.1) is 21.9 Å². The first kappa shape index (κ1) is 17.9. The number of furan rings is 1. The maximum atomic E-state index is 14.0. The van der Waals surface area contributed by atoms with E-state index in [2.05, 4.69) is 0 Å². The smallest absolute Gasteiger partial charge is 0.435 e. The van der Waals surface area contributed by atoms with Gasteiger partial charge in [0.15, 0.2) is 0 Å². The van der Waals surface area contributed by atoms with Crippen LogP contribution >= 0.6 is 23.2 Å². The van der Waals surface area contributed by atoms with Crippen molar-refractivity contribution >= 4 is 23.2 Å². The molecule has 10 heteroatoms. The van der Waals surface area contributed by atoms with Crippen LogP contribution in [0.4, 0.5) is 30.7 Å². The van der Waals surface area contributed by atoms with E-state index in [0.29, 0.717) is 0 Å². The summed E-state index contributed by atoms with van der Waals surface area (Å²) in [6, 6.07) is 3.20. The summed E-state index contributed by atoms with van der Waals surface area (Å²) in [5.41, 5.74) is -7.51. The van der Waals surface area contributed by atoms with Crippen molar-refractivity contribution in [1.29, 1.82) is 0 Å². The molecule has 1 nitrogen and oxygen atoms in total. The Kier molecular flexibility index (Phi) is 4.36. The summed E-state index contributed by atoms with van der Waals surface area (Å²) in [6.07, 6.45) is -11.3. The molecule has 0 fully saturated rings. The molecule has 1 aromatic heterocycles. The molecule has 0 aliphatic carbocycles. The maximum absolute atomic E-state index is 14.0. The molecule has 0 unspecified atom stereocenters. The third-order valence-electron chi connectivity index (χ3n) is 2.99. The van der Waals surface area contributed by atoms with Crippen molar-refractivity contribution in [2.24, 2.45) is 0 Å². The molecule has 0 N–H and O–H groups in total. The molecular formula is C13H5Cl2F7O. The van der Waals surface area contributed by atoms with E-state index in [1.807, 2.05) is 0 Å². The third kappa shape index (κ3) is 2.89. The molecule has 0 bridgehead atoms. The van der Waals surface area contributed by atoms with Gasteiger partial charge in [0.25, 0.3) is 0 Å². The second kappa shape index (κ2) is 5.59. The van der Waals surface area contributed by atoms with Crippen LogP contribution in [-0.4, -0.2) is 12.4 Å². The SMILES string of the molecule is FC(F)(F)C(F)(c1cc(Cl)c(-c2ccco2)c(Cl)c1)C(F)(F)F. The van der Waals surface area contributed by atoms with Crippen LogP contribution in [0, 0.1) is 0 Å². The Morgan fingerprint density at radius 3 is 1.65 bits per heavy atom. The minimum absolute atomic E-state index is 0.00928. The summed E-state index contributed by atoms with van der Waals surface area (Å²) in [4.78, 5) is 0. The molecule has 0 saturated heterocycles. The van der Waals surface area contributed by atoms with Crippen LogP contribution in [0.2, 0.25) is 10.0 Å². The highest BCUT2D eigenvalue weighted by Crippen LogP contribution is 2.54. The standard InChI is InChI=1S/C13H5Cl2F7O/c14-7-4-6(11(16,12(17,18)19)13(20,21)22)5-8(15)10(7)9-2-1-3-23-9/h1-5H. The van der Waals surface area contributed by atoms with Crippen LogP contribution in [0.1, 0.15) is 5.56 Å². The van der Waals surface area contributed by atoms with Crippen LogP contribution in [0.5, 0.6) is 0 Å². The lowest BCUT2D eigenvalue weighted by Crippen LogP contribution is -2.50. The number of rotatable bonds is 2. The van der Waals surface area contributed by atoms with Gasteiger partial charge in [0.2, 0.25) is 0 Å².